The monoisotopic (exact) mass is 1920 g/mol. The minimum absolute atomic E-state index is 0.0578. The van der Waals surface area contributed by atoms with Gasteiger partial charge in [0.2, 0.25) is 88.6 Å². The summed E-state index contributed by atoms with van der Waals surface area (Å²) in [4.78, 5) is 247. The number of aromatic hydroxyl groups is 2. The van der Waals surface area contributed by atoms with E-state index in [0.29, 0.717) is 69.0 Å². The van der Waals surface area contributed by atoms with Crippen molar-refractivity contribution in [2.24, 2.45) is 11.7 Å². The van der Waals surface area contributed by atoms with Crippen LogP contribution in [0.15, 0.2) is 152 Å². The molecule has 0 unspecified atom stereocenters. The van der Waals surface area contributed by atoms with Crippen LogP contribution in [0.1, 0.15) is 106 Å². The first-order chi connectivity index (χ1) is 65.3. The molecule has 0 saturated carbocycles. The molecular formula is C96H117F3N16O21S. The van der Waals surface area contributed by atoms with E-state index in [0.717, 1.165) is 19.6 Å². The van der Waals surface area contributed by atoms with Crippen molar-refractivity contribution in [2.75, 3.05) is 66.0 Å². The molecule has 137 heavy (non-hydrogen) atoms. The molecule has 4 heterocycles. The Balaban J connectivity index is 1.06. The molecule has 3 fully saturated rings. The summed E-state index contributed by atoms with van der Waals surface area (Å²) in [7, 11) is 4.99. The smallest absolute Gasteiger partial charge is 0.305 e. The number of aliphatic hydroxyl groups is 1. The van der Waals surface area contributed by atoms with E-state index in [2.05, 4.69) is 52.8 Å². The number of nitrogens with two attached hydrogens (primary N) is 1. The molecule has 7 aromatic rings. The number of likely N-dealkylation sites (N-methyl/N-ethyl adjacent to an activating group) is 3. The van der Waals surface area contributed by atoms with Crippen LogP contribution >= 0.6 is 11.8 Å². The van der Waals surface area contributed by atoms with Crippen molar-refractivity contribution in [2.45, 2.75) is 195 Å². The summed E-state index contributed by atoms with van der Waals surface area (Å²) < 4.78 is 50.5. The number of benzene rings is 6. The largest absolute Gasteiger partial charge is 0.508 e. The van der Waals surface area contributed by atoms with E-state index in [9.17, 15) is 58.4 Å². The standard InChI is InChI=1S/C96H117F3N16O21S/c1-8-9-25-75-95(134)114-36-18-26-74(114)89(128)107-70(47-81(121)122)88(127)110-83(53(2)3)96(135)112(5)76(43-54-19-12-10-13-20-54)90(129)108-72(41-57-29-33-61(117)34-30-57)93(132)115-50-62(118)46-77(115)91(130)106-69(45-59-48-101-66-24-17-16-23-63(59)66)87(126)105-68(40-56-27-31-60(116)32-28-56)86(125)104-67(35-37-136-7)85(124)109-73(84(123)102-49-79(100)119)51-137-52-80(120)103-71(42-58-38-64(97)82(99)65(98)39-58)92(131)113(6)78(94(133)111(75)4)44-55-21-14-11-15-22-55/h10-17,19-24,27-34,38-39,48,53,62,67-78,83,101,116-118H,8-9,18,25-26,35-37,40-47,49-52H2,1-7H3,(H2,100,119)(H,102,123)(H,103,120)(H,104,125)(H,105,126)(H,106,130)(H,107,128)(H,108,129)(H,109,124)(H,110,127)(H,121,122)/t62-,67+,68+,69+,70+,71+,72+,73+,74-,75-,76-,77-,78+,83+/m1/s1. The Morgan fingerprint density at radius 2 is 1.04 bits per heavy atom. The second-order valence-electron chi connectivity index (χ2n) is 34.7. The first kappa shape index (κ1) is 105. The third-order valence-corrected chi connectivity index (χ3v) is 25.4. The molecule has 734 valence electrons. The van der Waals surface area contributed by atoms with E-state index >= 15 is 51.9 Å². The van der Waals surface area contributed by atoms with Gasteiger partial charge < -0.3 is 108 Å². The molecule has 14 atom stereocenters. The number of para-hydroxylation sites is 1. The number of rotatable bonds is 24. The number of nitrogens with zero attached hydrogens (tertiary/aromatic N) is 5. The predicted molar refractivity (Wildman–Crippen MR) is 495 cm³/mol. The Morgan fingerprint density at radius 1 is 0.533 bits per heavy atom. The van der Waals surface area contributed by atoms with Gasteiger partial charge in [0.1, 0.15) is 90.0 Å². The maximum absolute atomic E-state index is 15.8. The summed E-state index contributed by atoms with van der Waals surface area (Å²) in [5.41, 5.74) is 7.67. The quantitative estimate of drug-likeness (QED) is 0.0383. The number of hydrogen-bond acceptors (Lipinski definition) is 21. The number of phenolic OH excluding ortho intramolecular Hbond substituents is 2. The fourth-order valence-electron chi connectivity index (χ4n) is 16.8. The molecule has 41 heteroatoms. The molecule has 10 rings (SSSR count). The minimum atomic E-state index is -1.97. The van der Waals surface area contributed by atoms with E-state index in [1.807, 2.05) is 0 Å². The number of aliphatic carboxylic acids is 1. The second-order valence-corrected chi connectivity index (χ2v) is 35.7. The predicted octanol–water partition coefficient (Wildman–Crippen LogP) is 1.77. The number of H-pyrrole nitrogens is 1. The highest BCUT2D eigenvalue weighted by atomic mass is 32.2. The molecular weight excluding hydrogens is 1800 g/mol. The van der Waals surface area contributed by atoms with Crippen LogP contribution in [0.4, 0.5) is 13.2 Å². The van der Waals surface area contributed by atoms with Crippen LogP contribution in [0.5, 0.6) is 11.5 Å². The number of nitrogens with one attached hydrogen (secondary N) is 10. The molecule has 1 aromatic heterocycles. The molecule has 0 bridgehead atoms. The number of primary amides is 1. The Morgan fingerprint density at radius 3 is 1.64 bits per heavy atom. The number of carboxylic acids is 1. The molecule has 3 aliphatic heterocycles. The van der Waals surface area contributed by atoms with E-state index in [4.69, 9.17) is 10.5 Å². The number of carbonyl (C=O) groups excluding carboxylic acids is 15. The number of aromatic nitrogens is 1. The highest BCUT2D eigenvalue weighted by Gasteiger charge is 2.48. The molecule has 3 aliphatic rings. The number of fused-ring (bicyclic) bond motifs is 3. The zero-order valence-electron chi connectivity index (χ0n) is 76.8. The van der Waals surface area contributed by atoms with Crippen molar-refractivity contribution in [1.82, 2.24) is 77.3 Å². The Kier molecular flexibility index (Phi) is 38.0. The molecule has 15 amide bonds. The topological polar surface area (TPSA) is 530 Å². The lowest BCUT2D eigenvalue weighted by Gasteiger charge is -2.38. The number of methoxy groups -OCH3 is 1. The lowest BCUT2D eigenvalue weighted by molar-refractivity contribution is -0.152. The average molecular weight is 1920 g/mol. The fourth-order valence-corrected chi connectivity index (χ4v) is 17.7. The van der Waals surface area contributed by atoms with Crippen molar-refractivity contribution in [3.8, 4) is 11.5 Å². The number of halogens is 3. The summed E-state index contributed by atoms with van der Waals surface area (Å²) in [6.45, 7) is 3.15. The number of carbonyl (C=O) groups is 16. The first-order valence-electron chi connectivity index (χ1n) is 45.0. The van der Waals surface area contributed by atoms with Crippen LogP contribution in [-0.4, -0.2) is 295 Å². The van der Waals surface area contributed by atoms with Crippen LogP contribution in [0, 0.1) is 23.4 Å². The van der Waals surface area contributed by atoms with Crippen LogP contribution in [0.2, 0.25) is 0 Å². The molecule has 0 spiro atoms. The number of thioether (sulfide) groups is 1. The highest BCUT2D eigenvalue weighted by Crippen LogP contribution is 2.29. The third-order valence-electron chi connectivity index (χ3n) is 24.3. The van der Waals surface area contributed by atoms with Gasteiger partial charge in [0.05, 0.1) is 24.8 Å². The van der Waals surface area contributed by atoms with Gasteiger partial charge in [-0.2, -0.15) is 0 Å². The SMILES string of the molecule is CCCC[C@@H]1C(=O)N2CCC[C@@H]2C(=O)N[C@@H](CC(=O)O)C(=O)N[C@@H](C(C)C)C(=O)N(C)[C@H](Cc2ccccc2)C(=O)N[C@@H](Cc2ccc(O)cc2)C(=O)N2C[C@H](O)C[C@@H]2C(=O)N[C@@H](Cc2c[nH]c3ccccc23)C(=O)N[C@@H](Cc2ccc(O)cc2)C(=O)N[C@@H](CCOC)C(=O)N[C@H](C(=O)NCC(N)=O)CSCC(=O)N[C@@H](Cc2cc(F)c(F)c(F)c2)C(=O)N(C)[C@@H](Cc2ccccc2)C(=O)N1C. The molecule has 0 aliphatic carbocycles. The Labute approximate surface area is 792 Å². The van der Waals surface area contributed by atoms with Crippen LogP contribution in [0.25, 0.3) is 10.9 Å². The zero-order valence-corrected chi connectivity index (χ0v) is 77.6. The summed E-state index contributed by atoms with van der Waals surface area (Å²) in [6.07, 6.45) is -3.49. The number of phenols is 2. The van der Waals surface area contributed by atoms with E-state index in [1.165, 1.54) is 95.5 Å². The number of hydrogen-bond donors (Lipinski definition) is 15. The summed E-state index contributed by atoms with van der Waals surface area (Å²) in [6, 6.07) is 13.8. The van der Waals surface area contributed by atoms with E-state index in [-0.39, 0.29) is 88.0 Å². The lowest BCUT2D eigenvalue weighted by atomic mass is 9.98. The van der Waals surface area contributed by atoms with Crippen LogP contribution in [-0.2, 0) is 120 Å². The fraction of sp³-hybridized carbons (Fsp3) is 0.438. The van der Waals surface area contributed by atoms with Gasteiger partial charge in [0.15, 0.2) is 17.5 Å². The summed E-state index contributed by atoms with van der Waals surface area (Å²) >= 11 is 0.645. The van der Waals surface area contributed by atoms with Crippen molar-refractivity contribution < 1.29 is 115 Å². The normalized spacial score (nSPS) is 23.7. The van der Waals surface area contributed by atoms with Gasteiger partial charge in [-0.1, -0.05) is 137 Å². The molecule has 0 radical (unpaired) electrons. The van der Waals surface area contributed by atoms with Crippen molar-refractivity contribution in [3.05, 3.63) is 203 Å². The van der Waals surface area contributed by atoms with E-state index in [1.54, 1.807) is 98.0 Å². The van der Waals surface area contributed by atoms with Crippen LogP contribution in [0.3, 0.4) is 0 Å². The van der Waals surface area contributed by atoms with Crippen molar-refractivity contribution in [1.29, 1.82) is 0 Å². The Hall–Kier alpha value is -14.0. The number of carboxylic acid groups (broad SMARTS) is 1. The average Bonchev–Trinajstić information content (AvgIpc) is 1.70. The van der Waals surface area contributed by atoms with Crippen molar-refractivity contribution >= 4 is 117 Å². The van der Waals surface area contributed by atoms with Gasteiger partial charge in [-0.05, 0) is 107 Å². The zero-order chi connectivity index (χ0) is 99.6. The van der Waals surface area contributed by atoms with Crippen LogP contribution < -0.4 is 53.6 Å². The van der Waals surface area contributed by atoms with Gasteiger partial charge in [0.25, 0.3) is 0 Å². The maximum atomic E-state index is 15.8. The number of unbranched alkanes of at least 4 members (excludes halogenated alkanes) is 1. The van der Waals surface area contributed by atoms with Gasteiger partial charge in [0, 0.05) is 116 Å². The molecule has 6 aromatic carbocycles. The highest BCUT2D eigenvalue weighted by molar-refractivity contribution is 8.00. The van der Waals surface area contributed by atoms with Gasteiger partial charge >= 0.3 is 5.97 Å². The first-order valence-corrected chi connectivity index (χ1v) is 46.1. The summed E-state index contributed by atoms with van der Waals surface area (Å²) in [5, 5.41) is 66.9. The van der Waals surface area contributed by atoms with Gasteiger partial charge in [-0.15, -0.1) is 11.8 Å². The number of aromatic amines is 1. The van der Waals surface area contributed by atoms with Crippen molar-refractivity contribution in [3.63, 3.8) is 0 Å². The number of aliphatic hydroxyl groups excluding tert-OH is 1. The third kappa shape index (κ3) is 28.8. The summed E-state index contributed by atoms with van der Waals surface area (Å²) in [5.74, 6) is -24.6. The maximum Gasteiger partial charge on any atom is 0.305 e. The molecule has 16 N–H and O–H groups in total. The number of amides is 15. The lowest BCUT2D eigenvalue weighted by Crippen LogP contribution is -2.62. The second kappa shape index (κ2) is 49.5. The van der Waals surface area contributed by atoms with Gasteiger partial charge in [-0.25, -0.2) is 13.2 Å². The molecule has 3 saturated heterocycles. The number of ether oxygens (including phenoxy) is 1. The molecule has 37 nitrogen and oxygen atoms in total. The minimum Gasteiger partial charge on any atom is -0.508 e. The van der Waals surface area contributed by atoms with E-state index < -0.39 is 253 Å². The Bertz CT molecular complexity index is 5470. The van der Waals surface area contributed by atoms with Gasteiger partial charge in [-0.3, -0.25) is 76.7 Å².